The third kappa shape index (κ3) is 3.02. The second-order valence-electron chi connectivity index (χ2n) is 5.91. The molecule has 0 bridgehead atoms. The van der Waals surface area contributed by atoms with E-state index in [2.05, 4.69) is 14.9 Å². The van der Waals surface area contributed by atoms with Crippen molar-refractivity contribution >= 4 is 11.3 Å². The Morgan fingerprint density at radius 3 is 3.00 bits per heavy atom. The van der Waals surface area contributed by atoms with E-state index in [0.717, 1.165) is 28.2 Å². The smallest absolute Gasteiger partial charge is 0.254 e. The van der Waals surface area contributed by atoms with Crippen LogP contribution in [0.15, 0.2) is 46.6 Å². The zero-order valence-electron chi connectivity index (χ0n) is 13.0. The van der Waals surface area contributed by atoms with Gasteiger partial charge in [0, 0.05) is 25.2 Å². The van der Waals surface area contributed by atoms with Crippen molar-refractivity contribution in [1.82, 2.24) is 14.9 Å². The Labute approximate surface area is 142 Å². The van der Waals surface area contributed by atoms with Gasteiger partial charge < -0.3 is 4.98 Å². The first kappa shape index (κ1) is 15.2. The maximum absolute atomic E-state index is 13.3. The lowest BCUT2D eigenvalue weighted by Gasteiger charge is -2.27. The first-order valence-corrected chi connectivity index (χ1v) is 8.70. The van der Waals surface area contributed by atoms with Crippen LogP contribution >= 0.6 is 11.3 Å². The van der Waals surface area contributed by atoms with Crippen LogP contribution in [0, 0.1) is 5.82 Å². The van der Waals surface area contributed by atoms with Crippen molar-refractivity contribution in [2.75, 3.05) is 6.54 Å². The molecular weight excluding hydrogens is 325 g/mol. The van der Waals surface area contributed by atoms with Gasteiger partial charge >= 0.3 is 0 Å². The fraction of sp³-hybridized carbons (Fsp3) is 0.222. The van der Waals surface area contributed by atoms with Gasteiger partial charge in [-0.15, -0.1) is 11.3 Å². The fourth-order valence-corrected chi connectivity index (χ4v) is 3.72. The zero-order valence-corrected chi connectivity index (χ0v) is 13.8. The van der Waals surface area contributed by atoms with E-state index in [0.29, 0.717) is 25.3 Å². The predicted octanol–water partition coefficient (Wildman–Crippen LogP) is 3.20. The zero-order chi connectivity index (χ0) is 16.5. The number of H-pyrrole nitrogens is 1. The maximum Gasteiger partial charge on any atom is 0.254 e. The van der Waals surface area contributed by atoms with Crippen molar-refractivity contribution in [3.8, 4) is 10.7 Å². The fourth-order valence-electron chi connectivity index (χ4n) is 3.05. The van der Waals surface area contributed by atoms with Gasteiger partial charge in [0.05, 0.1) is 10.6 Å². The minimum atomic E-state index is -0.223. The average Bonchev–Trinajstić information content (AvgIpc) is 3.09. The van der Waals surface area contributed by atoms with Crippen LogP contribution in [-0.2, 0) is 19.5 Å². The number of nitrogens with zero attached hydrogens (tertiary/aromatic N) is 2. The maximum atomic E-state index is 13.3. The predicted molar refractivity (Wildman–Crippen MR) is 92.4 cm³/mol. The number of fused-ring (bicyclic) bond motifs is 1. The Hall–Kier alpha value is -2.31. The standard InChI is InChI=1S/C18H16FN3OS/c19-13-4-1-3-12(9-13)10-22-7-6-14-15(11-22)20-17(21-18(14)23)16-5-2-8-24-16/h1-5,8-9H,6-7,10-11H2,(H,20,21,23). The molecule has 1 aliphatic rings. The van der Waals surface area contributed by atoms with Gasteiger partial charge in [0.1, 0.15) is 5.82 Å². The van der Waals surface area contributed by atoms with Crippen molar-refractivity contribution in [2.45, 2.75) is 19.5 Å². The molecule has 0 aliphatic carbocycles. The summed E-state index contributed by atoms with van der Waals surface area (Å²) >= 11 is 1.55. The minimum Gasteiger partial charge on any atom is -0.306 e. The highest BCUT2D eigenvalue weighted by atomic mass is 32.1. The Morgan fingerprint density at radius 1 is 1.29 bits per heavy atom. The molecule has 2 aromatic heterocycles. The van der Waals surface area contributed by atoms with Crippen molar-refractivity contribution < 1.29 is 4.39 Å². The summed E-state index contributed by atoms with van der Waals surface area (Å²) in [5, 5.41) is 1.96. The van der Waals surface area contributed by atoms with Gasteiger partial charge in [0.25, 0.3) is 5.56 Å². The summed E-state index contributed by atoms with van der Waals surface area (Å²) in [6.45, 7) is 2.03. The molecule has 1 aromatic carbocycles. The van der Waals surface area contributed by atoms with Crippen molar-refractivity contribution in [3.63, 3.8) is 0 Å². The Morgan fingerprint density at radius 2 is 2.21 bits per heavy atom. The van der Waals surface area contributed by atoms with Gasteiger partial charge in [-0.2, -0.15) is 0 Å². The highest BCUT2D eigenvalue weighted by Crippen LogP contribution is 2.23. The van der Waals surface area contributed by atoms with Gasteiger partial charge in [-0.25, -0.2) is 9.37 Å². The second kappa shape index (κ2) is 6.30. The van der Waals surface area contributed by atoms with Gasteiger partial charge in [-0.3, -0.25) is 9.69 Å². The van der Waals surface area contributed by atoms with E-state index < -0.39 is 0 Å². The molecule has 0 radical (unpaired) electrons. The average molecular weight is 341 g/mol. The lowest BCUT2D eigenvalue weighted by Crippen LogP contribution is -2.35. The SMILES string of the molecule is O=c1[nH]c(-c2cccs2)nc2c1CCN(Cc1cccc(F)c1)C2. The molecule has 0 saturated heterocycles. The van der Waals surface area contributed by atoms with Crippen molar-refractivity contribution in [1.29, 1.82) is 0 Å². The first-order valence-electron chi connectivity index (χ1n) is 7.82. The van der Waals surface area contributed by atoms with E-state index in [-0.39, 0.29) is 11.4 Å². The Bertz CT molecular complexity index is 920. The summed E-state index contributed by atoms with van der Waals surface area (Å²) in [7, 11) is 0. The molecule has 0 amide bonds. The highest BCUT2D eigenvalue weighted by Gasteiger charge is 2.21. The first-order chi connectivity index (χ1) is 11.7. The number of rotatable bonds is 3. The van der Waals surface area contributed by atoms with Crippen molar-refractivity contribution in [3.05, 3.63) is 74.8 Å². The van der Waals surface area contributed by atoms with E-state index in [1.165, 1.54) is 6.07 Å². The summed E-state index contributed by atoms with van der Waals surface area (Å²) in [5.41, 5.74) is 2.48. The van der Waals surface area contributed by atoms with Crippen LogP contribution in [0.3, 0.4) is 0 Å². The second-order valence-corrected chi connectivity index (χ2v) is 6.86. The van der Waals surface area contributed by atoms with Crippen LogP contribution in [0.5, 0.6) is 0 Å². The van der Waals surface area contributed by atoms with Crippen LogP contribution in [-0.4, -0.2) is 21.4 Å². The summed E-state index contributed by atoms with van der Waals surface area (Å²) in [6, 6.07) is 10.5. The number of nitrogens with one attached hydrogen (secondary N) is 1. The topological polar surface area (TPSA) is 49.0 Å². The molecule has 1 N–H and O–H groups in total. The molecule has 0 fully saturated rings. The molecule has 1 aliphatic heterocycles. The van der Waals surface area contributed by atoms with Gasteiger partial charge in [-0.05, 0) is 35.6 Å². The number of hydrogen-bond acceptors (Lipinski definition) is 4. The van der Waals surface area contributed by atoms with E-state index in [4.69, 9.17) is 0 Å². The van der Waals surface area contributed by atoms with Crippen LogP contribution in [0.1, 0.15) is 16.8 Å². The van der Waals surface area contributed by atoms with E-state index >= 15 is 0 Å². The van der Waals surface area contributed by atoms with E-state index in [9.17, 15) is 9.18 Å². The lowest BCUT2D eigenvalue weighted by atomic mass is 10.1. The van der Waals surface area contributed by atoms with E-state index in [1.54, 1.807) is 23.5 Å². The molecule has 0 unspecified atom stereocenters. The van der Waals surface area contributed by atoms with Crippen molar-refractivity contribution in [2.24, 2.45) is 0 Å². The summed E-state index contributed by atoms with van der Waals surface area (Å²) in [5.74, 6) is 0.404. The quantitative estimate of drug-likeness (QED) is 0.796. The van der Waals surface area contributed by atoms with Gasteiger partial charge in [0.2, 0.25) is 0 Å². The largest absolute Gasteiger partial charge is 0.306 e. The Kier molecular flexibility index (Phi) is 4.00. The number of aromatic nitrogens is 2. The third-order valence-corrected chi connectivity index (χ3v) is 5.08. The van der Waals surface area contributed by atoms with Crippen LogP contribution in [0.4, 0.5) is 4.39 Å². The molecular formula is C18H16FN3OS. The molecule has 3 aromatic rings. The van der Waals surface area contributed by atoms with Gasteiger partial charge in [-0.1, -0.05) is 18.2 Å². The molecule has 0 saturated carbocycles. The van der Waals surface area contributed by atoms with Crippen LogP contribution in [0.25, 0.3) is 10.7 Å². The van der Waals surface area contributed by atoms with Crippen LogP contribution < -0.4 is 5.56 Å². The summed E-state index contributed by atoms with van der Waals surface area (Å²) in [4.78, 5) is 23.0. The lowest BCUT2D eigenvalue weighted by molar-refractivity contribution is 0.240. The summed E-state index contributed by atoms with van der Waals surface area (Å²) < 4.78 is 13.3. The molecule has 4 rings (SSSR count). The van der Waals surface area contributed by atoms with Crippen LogP contribution in [0.2, 0.25) is 0 Å². The highest BCUT2D eigenvalue weighted by molar-refractivity contribution is 7.13. The van der Waals surface area contributed by atoms with E-state index in [1.807, 2.05) is 23.6 Å². The molecule has 4 nitrogen and oxygen atoms in total. The normalized spacial score (nSPS) is 14.5. The minimum absolute atomic E-state index is 0.0474. The number of benzene rings is 1. The number of halogens is 1. The Balaban J connectivity index is 1.61. The molecule has 24 heavy (non-hydrogen) atoms. The number of thiophene rings is 1. The molecule has 0 spiro atoms. The third-order valence-electron chi connectivity index (χ3n) is 4.20. The molecule has 122 valence electrons. The molecule has 6 heteroatoms. The molecule has 3 heterocycles. The summed E-state index contributed by atoms with van der Waals surface area (Å²) in [6.07, 6.45) is 0.664. The molecule has 0 atom stereocenters. The monoisotopic (exact) mass is 341 g/mol. The number of hydrogen-bond donors (Lipinski definition) is 1. The number of aromatic amines is 1. The van der Waals surface area contributed by atoms with Gasteiger partial charge in [0.15, 0.2) is 5.82 Å².